The van der Waals surface area contributed by atoms with E-state index >= 15 is 0 Å². The van der Waals surface area contributed by atoms with Gasteiger partial charge in [0.25, 0.3) is 0 Å². The van der Waals surface area contributed by atoms with Gasteiger partial charge in [-0.2, -0.15) is 0 Å². The topological polar surface area (TPSA) is 107 Å². The summed E-state index contributed by atoms with van der Waals surface area (Å²) in [5, 5.41) is 13.6. The molecule has 1 aromatic carbocycles. The number of benzene rings is 1. The molecule has 1 N–H and O–H groups in total. The van der Waals surface area contributed by atoms with Crippen molar-refractivity contribution >= 4 is 17.1 Å². The summed E-state index contributed by atoms with van der Waals surface area (Å²) in [6.07, 6.45) is 1.62. The number of ether oxygens (including phenoxy) is 1. The van der Waals surface area contributed by atoms with Crippen LogP contribution in [0.4, 0.5) is 4.79 Å². The largest absolute Gasteiger partial charge is 0.488 e. The van der Waals surface area contributed by atoms with Gasteiger partial charge >= 0.3 is 6.09 Å². The molecule has 0 spiro atoms. The molecule has 2 aliphatic heterocycles. The minimum atomic E-state index is -0.891. The third-order valence-electron chi connectivity index (χ3n) is 6.69. The molecule has 0 saturated carbocycles. The normalized spacial score (nSPS) is 19.8. The lowest BCUT2D eigenvalue weighted by Crippen LogP contribution is -2.29. The van der Waals surface area contributed by atoms with Crippen molar-refractivity contribution in [1.82, 2.24) is 24.6 Å². The minimum absolute atomic E-state index is 0.00757. The number of carboxylic acid groups (broad SMARTS) is 1. The van der Waals surface area contributed by atoms with E-state index in [0.29, 0.717) is 19.7 Å². The van der Waals surface area contributed by atoms with Gasteiger partial charge in [0.1, 0.15) is 29.8 Å². The Morgan fingerprint density at radius 2 is 2.09 bits per heavy atom. The van der Waals surface area contributed by atoms with Crippen LogP contribution in [-0.4, -0.2) is 55.5 Å². The van der Waals surface area contributed by atoms with E-state index in [2.05, 4.69) is 14.7 Å². The summed E-state index contributed by atoms with van der Waals surface area (Å²) in [5.41, 5.74) is 5.26. The quantitative estimate of drug-likeness (QED) is 0.505. The molecule has 5 heterocycles. The zero-order chi connectivity index (χ0) is 22.7. The van der Waals surface area contributed by atoms with Gasteiger partial charge in [-0.1, -0.05) is 11.2 Å². The van der Waals surface area contributed by atoms with E-state index in [0.717, 1.165) is 57.3 Å². The summed E-state index contributed by atoms with van der Waals surface area (Å²) in [4.78, 5) is 22.6. The number of aryl methyl sites for hydroxylation is 2. The second kappa shape index (κ2) is 7.33. The summed E-state index contributed by atoms with van der Waals surface area (Å²) in [5.74, 6) is 2.37. The molecule has 1 amide bonds. The molecule has 3 aromatic heterocycles. The smallest absolute Gasteiger partial charge is 0.407 e. The Bertz CT molecular complexity index is 1360. The fourth-order valence-electron chi connectivity index (χ4n) is 5.16. The lowest BCUT2D eigenvalue weighted by molar-refractivity contribution is 0.155. The van der Waals surface area contributed by atoms with Gasteiger partial charge in [-0.15, -0.1) is 0 Å². The highest BCUT2D eigenvalue weighted by Gasteiger charge is 2.37. The molecule has 168 valence electrons. The second-order valence-electron chi connectivity index (χ2n) is 8.64. The summed E-state index contributed by atoms with van der Waals surface area (Å²) in [6.45, 7) is 5.15. The maximum Gasteiger partial charge on any atom is 0.407 e. The molecule has 9 heteroatoms. The summed E-state index contributed by atoms with van der Waals surface area (Å²) in [6, 6.07) is 9.69. The molecular formula is C24H23N5O4. The first kappa shape index (κ1) is 19.8. The van der Waals surface area contributed by atoms with Crippen LogP contribution in [0.2, 0.25) is 0 Å². The zero-order valence-corrected chi connectivity index (χ0v) is 18.4. The summed E-state index contributed by atoms with van der Waals surface area (Å²) in [7, 11) is 0. The fraction of sp³-hybridized carbons (Fsp3) is 0.333. The van der Waals surface area contributed by atoms with Crippen molar-refractivity contribution in [3.8, 4) is 16.9 Å². The maximum atomic E-state index is 11.5. The number of amides is 1. The predicted octanol–water partition coefficient (Wildman–Crippen LogP) is 4.15. The van der Waals surface area contributed by atoms with Crippen molar-refractivity contribution in [3.63, 3.8) is 0 Å². The molecule has 1 saturated heterocycles. The zero-order valence-electron chi connectivity index (χ0n) is 18.4. The van der Waals surface area contributed by atoms with Gasteiger partial charge in [-0.3, -0.25) is 4.98 Å². The number of hydrogen-bond acceptors (Lipinski definition) is 6. The number of aromatic nitrogens is 4. The molecule has 33 heavy (non-hydrogen) atoms. The Morgan fingerprint density at radius 3 is 2.79 bits per heavy atom. The van der Waals surface area contributed by atoms with Crippen molar-refractivity contribution < 1.29 is 19.2 Å². The Hall–Kier alpha value is -3.88. The maximum absolute atomic E-state index is 11.5. The lowest BCUT2D eigenvalue weighted by atomic mass is 10.0. The van der Waals surface area contributed by atoms with Crippen LogP contribution in [0.15, 0.2) is 41.1 Å². The Labute approximate surface area is 189 Å². The van der Waals surface area contributed by atoms with Crippen molar-refractivity contribution in [2.75, 3.05) is 19.7 Å². The van der Waals surface area contributed by atoms with Gasteiger partial charge in [0.15, 0.2) is 5.75 Å². The average Bonchev–Trinajstić information content (AvgIpc) is 3.54. The van der Waals surface area contributed by atoms with Gasteiger partial charge in [-0.25, -0.2) is 9.78 Å². The van der Waals surface area contributed by atoms with Crippen LogP contribution in [-0.2, 0) is 0 Å². The van der Waals surface area contributed by atoms with E-state index in [-0.39, 0.29) is 12.0 Å². The first-order chi connectivity index (χ1) is 16.0. The van der Waals surface area contributed by atoms with Crippen molar-refractivity contribution in [3.05, 3.63) is 59.5 Å². The predicted molar refractivity (Wildman–Crippen MR) is 120 cm³/mol. The van der Waals surface area contributed by atoms with Crippen LogP contribution in [0.5, 0.6) is 5.75 Å². The van der Waals surface area contributed by atoms with Crippen molar-refractivity contribution in [1.29, 1.82) is 0 Å². The minimum Gasteiger partial charge on any atom is -0.488 e. The highest BCUT2D eigenvalue weighted by molar-refractivity contribution is 5.93. The van der Waals surface area contributed by atoms with E-state index in [1.807, 2.05) is 44.2 Å². The van der Waals surface area contributed by atoms with Gasteiger partial charge in [0, 0.05) is 30.8 Å². The molecule has 1 unspecified atom stereocenters. The van der Waals surface area contributed by atoms with E-state index in [9.17, 15) is 9.90 Å². The number of nitrogens with zero attached hydrogens (tertiary/aromatic N) is 5. The molecule has 1 fully saturated rings. The van der Waals surface area contributed by atoms with E-state index in [1.54, 1.807) is 6.20 Å². The average molecular weight is 445 g/mol. The molecule has 2 aliphatic rings. The van der Waals surface area contributed by atoms with Crippen molar-refractivity contribution in [2.45, 2.75) is 32.2 Å². The fourth-order valence-corrected chi connectivity index (χ4v) is 5.16. The van der Waals surface area contributed by atoms with Crippen LogP contribution < -0.4 is 4.74 Å². The van der Waals surface area contributed by atoms with Gasteiger partial charge in [-0.05, 0) is 44.5 Å². The van der Waals surface area contributed by atoms with Crippen LogP contribution >= 0.6 is 0 Å². The number of imidazole rings is 1. The molecule has 0 aliphatic carbocycles. The number of rotatable bonds is 3. The van der Waals surface area contributed by atoms with E-state index in [4.69, 9.17) is 14.2 Å². The van der Waals surface area contributed by atoms with E-state index in [1.165, 1.54) is 4.90 Å². The molecule has 2 atom stereocenters. The lowest BCUT2D eigenvalue weighted by Gasteiger charge is -2.29. The SMILES string of the molecule is Cc1noc(C)c1-c1ccc2nc(C3CCN(C(=O)O)C3)n3c2c1OC[C@@H]3c1ccccn1. The molecule has 0 bridgehead atoms. The standard InChI is InChI=1S/C24H23N5O4/c1-13-20(14(2)33-27-13)16-6-7-18-21-22(16)32-12-19(17-5-3-4-9-25-17)29(21)23(26-18)15-8-10-28(11-15)24(30)31/h3-7,9,15,19H,8,10-12H2,1-2H3,(H,30,31)/t15?,19-/m1/s1. The van der Waals surface area contributed by atoms with Crippen molar-refractivity contribution in [2.24, 2.45) is 0 Å². The highest BCUT2D eigenvalue weighted by Crippen LogP contribution is 2.45. The third-order valence-corrected chi connectivity index (χ3v) is 6.69. The molecule has 9 nitrogen and oxygen atoms in total. The molecule has 4 aromatic rings. The second-order valence-corrected chi connectivity index (χ2v) is 8.64. The van der Waals surface area contributed by atoms with Crippen LogP contribution in [0.1, 0.15) is 41.4 Å². The Kier molecular flexibility index (Phi) is 4.39. The van der Waals surface area contributed by atoms with Gasteiger partial charge in [0.05, 0.1) is 22.5 Å². The van der Waals surface area contributed by atoms with Crippen LogP contribution in [0, 0.1) is 13.8 Å². The van der Waals surface area contributed by atoms with Crippen LogP contribution in [0.3, 0.4) is 0 Å². The van der Waals surface area contributed by atoms with Crippen LogP contribution in [0.25, 0.3) is 22.2 Å². The Balaban J connectivity index is 1.58. The van der Waals surface area contributed by atoms with Gasteiger partial charge < -0.3 is 23.8 Å². The first-order valence-corrected chi connectivity index (χ1v) is 11.0. The number of pyridine rings is 1. The molecule has 0 radical (unpaired) electrons. The third kappa shape index (κ3) is 2.99. The number of hydrogen-bond donors (Lipinski definition) is 1. The van der Waals surface area contributed by atoms with Gasteiger partial charge in [0.2, 0.25) is 0 Å². The molecular weight excluding hydrogens is 422 g/mol. The summed E-state index contributed by atoms with van der Waals surface area (Å²) >= 11 is 0. The molecule has 6 rings (SSSR count). The monoisotopic (exact) mass is 445 g/mol. The number of likely N-dealkylation sites (tertiary alicyclic amines) is 1. The number of carbonyl (C=O) groups is 1. The van der Waals surface area contributed by atoms with E-state index < -0.39 is 6.09 Å². The summed E-state index contributed by atoms with van der Waals surface area (Å²) < 4.78 is 14.0. The highest BCUT2D eigenvalue weighted by atomic mass is 16.5. The first-order valence-electron chi connectivity index (χ1n) is 11.0. The Morgan fingerprint density at radius 1 is 1.21 bits per heavy atom.